The number of nitrogens with zero attached hydrogens (tertiary/aromatic N) is 4. The first-order chi connectivity index (χ1) is 15.2. The maximum atomic E-state index is 13.0. The molecule has 10 nitrogen and oxygen atoms in total. The summed E-state index contributed by atoms with van der Waals surface area (Å²) in [6, 6.07) is 7.72. The topological polar surface area (TPSA) is 146 Å². The molecule has 4 aromatic rings. The van der Waals surface area contributed by atoms with Gasteiger partial charge in [-0.15, -0.1) is 11.3 Å². The van der Waals surface area contributed by atoms with Crippen molar-refractivity contribution in [2.75, 3.05) is 21.3 Å². The summed E-state index contributed by atoms with van der Waals surface area (Å²) >= 11 is 1.26. The van der Waals surface area contributed by atoms with Gasteiger partial charge in [0.05, 0.1) is 11.1 Å². The van der Waals surface area contributed by atoms with Crippen LogP contribution in [0.3, 0.4) is 0 Å². The number of aromatic nitrogens is 4. The number of rotatable bonds is 5. The van der Waals surface area contributed by atoms with Crippen LogP contribution in [0.4, 0.5) is 0 Å². The maximum Gasteiger partial charge on any atom is 1.00 e. The zero-order valence-electron chi connectivity index (χ0n) is 19.5. The van der Waals surface area contributed by atoms with E-state index in [0.717, 1.165) is 25.1 Å². The molecular weight excluding hydrogens is 470 g/mol. The van der Waals surface area contributed by atoms with E-state index in [4.69, 9.17) is 24.3 Å². The summed E-state index contributed by atoms with van der Waals surface area (Å²) in [6.07, 6.45) is 1.80. The zero-order chi connectivity index (χ0) is 23.4. The molecule has 0 bridgehead atoms. The number of carbonyl (C=O) groups is 2. The second-order valence-electron chi connectivity index (χ2n) is 5.45. The van der Waals surface area contributed by atoms with Crippen LogP contribution in [0.2, 0.25) is 0 Å². The fraction of sp³-hybridized carbons (Fsp3) is 0.250. The van der Waals surface area contributed by atoms with Gasteiger partial charge in [0.25, 0.3) is 0 Å². The van der Waals surface area contributed by atoms with E-state index in [1.807, 2.05) is 35.6 Å². The first kappa shape index (κ1) is 33.9. The number of methoxy groups -OCH3 is 1. The van der Waals surface area contributed by atoms with E-state index in [1.54, 1.807) is 25.6 Å². The smallest absolute Gasteiger partial charge is 0.857 e. The number of benzene rings is 1. The number of ketones is 1. The maximum absolute atomic E-state index is 13.0. The SMILES string of the molecule is C=O.COCn1cc(C(=O)c2nc(-c3noc(C)n3)cs2)c2ccccc21.C[O-].C[O-].[Na+].[Na+]. The molecule has 33 heavy (non-hydrogen) atoms. The van der Waals surface area contributed by atoms with Crippen LogP contribution in [-0.4, -0.2) is 53.6 Å². The Bertz CT molecular complexity index is 1100. The van der Waals surface area contributed by atoms with Crippen LogP contribution in [0, 0.1) is 6.92 Å². The number of carbonyl (C=O) groups excluding carboxylic acids is 2. The Balaban J connectivity index is 0. The molecular formula is C20H22N4Na2O6S. The van der Waals surface area contributed by atoms with Gasteiger partial charge in [0.2, 0.25) is 17.5 Å². The summed E-state index contributed by atoms with van der Waals surface area (Å²) in [4.78, 5) is 29.5. The Morgan fingerprint density at radius 2 is 1.79 bits per heavy atom. The van der Waals surface area contributed by atoms with E-state index in [-0.39, 0.29) is 64.9 Å². The standard InChI is InChI=1S/C17H14N4O3S.2CH3O.CH2O.2Na/c1-10-18-16(20-24-10)13-8-25-17(19-13)15(22)12-7-21(9-23-2)14-6-4-3-5-11(12)14;3*1-2;;/h3-8H,9H2,1-2H3;2*1H3;1H2;;/q;2*-1;;2*+1. The number of hydrogen-bond donors (Lipinski definition) is 0. The molecule has 0 radical (unpaired) electrons. The molecule has 0 aliphatic rings. The number of ether oxygens (including phenoxy) is 1. The van der Waals surface area contributed by atoms with Gasteiger partial charge in [0, 0.05) is 31.0 Å². The normalized spacial score (nSPS) is 9.03. The number of thiazole rings is 1. The molecule has 0 amide bonds. The third kappa shape index (κ3) is 8.48. The molecule has 0 fully saturated rings. The van der Waals surface area contributed by atoms with Crippen LogP contribution in [0.15, 0.2) is 40.4 Å². The summed E-state index contributed by atoms with van der Waals surface area (Å²) in [5.41, 5.74) is 2.07. The largest absolute Gasteiger partial charge is 1.00 e. The van der Waals surface area contributed by atoms with Crippen LogP contribution in [0.1, 0.15) is 21.3 Å². The van der Waals surface area contributed by atoms with Crippen LogP contribution in [0.5, 0.6) is 0 Å². The van der Waals surface area contributed by atoms with Gasteiger partial charge in [-0.05, 0) is 6.07 Å². The van der Waals surface area contributed by atoms with Crippen molar-refractivity contribution in [2.24, 2.45) is 0 Å². The predicted molar refractivity (Wildman–Crippen MR) is 111 cm³/mol. The molecule has 0 unspecified atom stereocenters. The van der Waals surface area contributed by atoms with Gasteiger partial charge in [-0.2, -0.15) is 19.2 Å². The first-order valence-corrected chi connectivity index (χ1v) is 9.53. The monoisotopic (exact) mass is 492 g/mol. The third-order valence-electron chi connectivity index (χ3n) is 3.76. The summed E-state index contributed by atoms with van der Waals surface area (Å²) in [6.45, 7) is 4.08. The predicted octanol–water partition coefficient (Wildman–Crippen LogP) is -4.93. The van der Waals surface area contributed by atoms with Crippen LogP contribution >= 0.6 is 11.3 Å². The number of para-hydroxylation sites is 1. The molecule has 0 saturated heterocycles. The van der Waals surface area contributed by atoms with Crippen molar-refractivity contribution >= 4 is 34.8 Å². The molecule has 4 rings (SSSR count). The van der Waals surface area contributed by atoms with Crippen molar-refractivity contribution < 1.29 is 88.2 Å². The van der Waals surface area contributed by atoms with E-state index in [9.17, 15) is 4.79 Å². The minimum absolute atomic E-state index is 0. The molecule has 0 spiro atoms. The summed E-state index contributed by atoms with van der Waals surface area (Å²) in [7, 11) is 3.12. The van der Waals surface area contributed by atoms with E-state index in [1.165, 1.54) is 11.3 Å². The van der Waals surface area contributed by atoms with Crippen LogP contribution < -0.4 is 69.3 Å². The van der Waals surface area contributed by atoms with Gasteiger partial charge in [-0.25, -0.2) is 4.98 Å². The molecule has 1 aromatic carbocycles. The molecule has 0 saturated carbocycles. The van der Waals surface area contributed by atoms with E-state index < -0.39 is 0 Å². The Kier molecular flexibility index (Phi) is 18.6. The number of hydrogen-bond acceptors (Lipinski definition) is 10. The molecule has 0 N–H and O–H groups in total. The first-order valence-electron chi connectivity index (χ1n) is 8.65. The Morgan fingerprint density at radius 3 is 2.36 bits per heavy atom. The minimum atomic E-state index is -0.137. The minimum Gasteiger partial charge on any atom is -0.857 e. The fourth-order valence-electron chi connectivity index (χ4n) is 2.67. The molecule has 166 valence electrons. The fourth-order valence-corrected chi connectivity index (χ4v) is 3.42. The molecule has 3 heterocycles. The van der Waals surface area contributed by atoms with Gasteiger partial charge in [0.15, 0.2) is 5.01 Å². The van der Waals surface area contributed by atoms with Crippen molar-refractivity contribution in [3.63, 3.8) is 0 Å². The van der Waals surface area contributed by atoms with Gasteiger partial charge in [-0.3, -0.25) is 4.79 Å². The van der Waals surface area contributed by atoms with Crippen LogP contribution in [0.25, 0.3) is 22.4 Å². The van der Waals surface area contributed by atoms with Crippen molar-refractivity contribution in [3.8, 4) is 11.5 Å². The summed E-state index contributed by atoms with van der Waals surface area (Å²) in [5.74, 6) is 0.704. The quantitative estimate of drug-likeness (QED) is 0.198. The Hall–Kier alpha value is -1.25. The van der Waals surface area contributed by atoms with Crippen molar-refractivity contribution in [1.82, 2.24) is 19.7 Å². The van der Waals surface area contributed by atoms with Gasteiger partial charge in [0.1, 0.15) is 19.2 Å². The zero-order valence-corrected chi connectivity index (χ0v) is 24.3. The number of fused-ring (bicyclic) bond motifs is 1. The Labute approximate surface area is 239 Å². The van der Waals surface area contributed by atoms with Crippen molar-refractivity contribution in [1.29, 1.82) is 0 Å². The molecule has 13 heteroatoms. The van der Waals surface area contributed by atoms with Gasteiger partial charge < -0.3 is 28.8 Å². The molecule has 0 aliphatic heterocycles. The third-order valence-corrected chi connectivity index (χ3v) is 4.60. The molecule has 0 aliphatic carbocycles. The van der Waals surface area contributed by atoms with Gasteiger partial charge >= 0.3 is 59.1 Å². The van der Waals surface area contributed by atoms with Crippen molar-refractivity contribution in [3.05, 3.63) is 52.3 Å². The van der Waals surface area contributed by atoms with Gasteiger partial charge in [-0.1, -0.05) is 23.4 Å². The average Bonchev–Trinajstić information content (AvgIpc) is 3.57. The van der Waals surface area contributed by atoms with Crippen LogP contribution in [-0.2, 0) is 16.3 Å². The van der Waals surface area contributed by atoms with E-state index in [0.29, 0.717) is 34.7 Å². The Morgan fingerprint density at radius 1 is 1.15 bits per heavy atom. The summed E-state index contributed by atoms with van der Waals surface area (Å²) < 4.78 is 12.1. The van der Waals surface area contributed by atoms with Crippen molar-refractivity contribution in [2.45, 2.75) is 13.7 Å². The van der Waals surface area contributed by atoms with E-state index in [2.05, 4.69) is 15.1 Å². The second kappa shape index (κ2) is 18.1. The number of aryl methyl sites for hydroxylation is 1. The second-order valence-corrected chi connectivity index (χ2v) is 6.31. The average molecular weight is 492 g/mol. The van der Waals surface area contributed by atoms with E-state index >= 15 is 0 Å². The molecule has 0 atom stereocenters. The molecule has 3 aromatic heterocycles. The summed E-state index contributed by atoms with van der Waals surface area (Å²) in [5, 5.41) is 23.4.